The average molecular weight is 183 g/mol. The van der Waals surface area contributed by atoms with Crippen LogP contribution in [0, 0.1) is 0 Å². The highest BCUT2D eigenvalue weighted by molar-refractivity contribution is 5.01. The van der Waals surface area contributed by atoms with Crippen molar-refractivity contribution >= 4 is 0 Å². The van der Waals surface area contributed by atoms with Gasteiger partial charge in [-0.15, -0.1) is 0 Å². The quantitative estimate of drug-likeness (QED) is 0.608. The van der Waals surface area contributed by atoms with Crippen molar-refractivity contribution in [2.24, 2.45) is 0 Å². The first-order valence-corrected chi connectivity index (χ1v) is 4.61. The lowest BCUT2D eigenvalue weighted by molar-refractivity contribution is 0.199. The number of hydrogen-bond donors (Lipinski definition) is 2. The molecule has 0 fully saturated rings. The third-order valence-electron chi connectivity index (χ3n) is 1.86. The van der Waals surface area contributed by atoms with Gasteiger partial charge in [-0.2, -0.15) is 5.10 Å². The SMILES string of the molecule is COCCNCCCc1cn[nH]c1. The van der Waals surface area contributed by atoms with E-state index < -0.39 is 0 Å². The van der Waals surface area contributed by atoms with Crippen molar-refractivity contribution in [1.29, 1.82) is 0 Å². The van der Waals surface area contributed by atoms with E-state index in [0.29, 0.717) is 0 Å². The molecule has 1 rings (SSSR count). The molecule has 0 atom stereocenters. The summed E-state index contributed by atoms with van der Waals surface area (Å²) in [6.07, 6.45) is 6.03. The summed E-state index contributed by atoms with van der Waals surface area (Å²) < 4.78 is 4.92. The molecular formula is C9H17N3O. The van der Waals surface area contributed by atoms with E-state index in [2.05, 4.69) is 15.5 Å². The Kier molecular flexibility index (Phi) is 5.20. The fourth-order valence-electron chi connectivity index (χ4n) is 1.13. The zero-order valence-corrected chi connectivity index (χ0v) is 8.05. The van der Waals surface area contributed by atoms with Crippen LogP contribution in [0.1, 0.15) is 12.0 Å². The van der Waals surface area contributed by atoms with Crippen LogP contribution in [0.2, 0.25) is 0 Å². The number of H-pyrrole nitrogens is 1. The third kappa shape index (κ3) is 4.65. The third-order valence-corrected chi connectivity index (χ3v) is 1.86. The van der Waals surface area contributed by atoms with Crippen LogP contribution in [0.15, 0.2) is 12.4 Å². The number of aromatic nitrogens is 2. The fraction of sp³-hybridized carbons (Fsp3) is 0.667. The van der Waals surface area contributed by atoms with E-state index in [4.69, 9.17) is 4.74 Å². The molecule has 0 bridgehead atoms. The number of rotatable bonds is 7. The van der Waals surface area contributed by atoms with Gasteiger partial charge in [0, 0.05) is 19.9 Å². The number of nitrogens with zero attached hydrogens (tertiary/aromatic N) is 1. The van der Waals surface area contributed by atoms with Crippen LogP contribution in [0.5, 0.6) is 0 Å². The van der Waals surface area contributed by atoms with Crippen LogP contribution in [0.25, 0.3) is 0 Å². The molecule has 0 aliphatic carbocycles. The van der Waals surface area contributed by atoms with Gasteiger partial charge in [0.15, 0.2) is 0 Å². The minimum atomic E-state index is 0.783. The molecule has 1 heterocycles. The van der Waals surface area contributed by atoms with Crippen LogP contribution in [0.4, 0.5) is 0 Å². The van der Waals surface area contributed by atoms with E-state index in [1.165, 1.54) is 5.56 Å². The molecule has 74 valence electrons. The molecule has 0 spiro atoms. The minimum absolute atomic E-state index is 0.783. The molecule has 0 unspecified atom stereocenters. The maximum Gasteiger partial charge on any atom is 0.0587 e. The van der Waals surface area contributed by atoms with Crippen LogP contribution in [-0.2, 0) is 11.2 Å². The molecule has 13 heavy (non-hydrogen) atoms. The van der Waals surface area contributed by atoms with E-state index in [0.717, 1.165) is 32.5 Å². The maximum atomic E-state index is 4.92. The average Bonchev–Trinajstić information content (AvgIpc) is 2.63. The van der Waals surface area contributed by atoms with E-state index in [9.17, 15) is 0 Å². The molecular weight excluding hydrogens is 166 g/mol. The zero-order valence-electron chi connectivity index (χ0n) is 8.05. The van der Waals surface area contributed by atoms with Gasteiger partial charge in [0.25, 0.3) is 0 Å². The van der Waals surface area contributed by atoms with E-state index >= 15 is 0 Å². The second-order valence-electron chi connectivity index (χ2n) is 2.95. The lowest BCUT2D eigenvalue weighted by Crippen LogP contribution is -2.20. The van der Waals surface area contributed by atoms with Gasteiger partial charge in [-0.1, -0.05) is 0 Å². The normalized spacial score (nSPS) is 10.5. The Balaban J connectivity index is 1.90. The summed E-state index contributed by atoms with van der Waals surface area (Å²) in [6.45, 7) is 2.75. The molecule has 0 aromatic carbocycles. The monoisotopic (exact) mass is 183 g/mol. The Hall–Kier alpha value is -0.870. The summed E-state index contributed by atoms with van der Waals surface area (Å²) in [5.74, 6) is 0. The number of ether oxygens (including phenoxy) is 1. The van der Waals surface area contributed by atoms with Crippen molar-refractivity contribution in [3.8, 4) is 0 Å². The number of nitrogens with one attached hydrogen (secondary N) is 2. The standard InChI is InChI=1S/C9H17N3O/c1-13-6-5-10-4-2-3-9-7-11-12-8-9/h7-8,10H,2-6H2,1H3,(H,11,12). The van der Waals surface area contributed by atoms with Gasteiger partial charge >= 0.3 is 0 Å². The van der Waals surface area contributed by atoms with Gasteiger partial charge in [0.1, 0.15) is 0 Å². The lowest BCUT2D eigenvalue weighted by atomic mass is 10.2. The summed E-state index contributed by atoms with van der Waals surface area (Å²) in [7, 11) is 1.72. The summed E-state index contributed by atoms with van der Waals surface area (Å²) >= 11 is 0. The summed E-state index contributed by atoms with van der Waals surface area (Å²) in [4.78, 5) is 0. The topological polar surface area (TPSA) is 49.9 Å². The molecule has 0 amide bonds. The largest absolute Gasteiger partial charge is 0.383 e. The smallest absolute Gasteiger partial charge is 0.0587 e. The van der Waals surface area contributed by atoms with Gasteiger partial charge < -0.3 is 10.1 Å². The van der Waals surface area contributed by atoms with Crippen molar-refractivity contribution in [3.63, 3.8) is 0 Å². The maximum absolute atomic E-state index is 4.92. The molecule has 0 aliphatic heterocycles. The highest BCUT2D eigenvalue weighted by Crippen LogP contribution is 1.97. The van der Waals surface area contributed by atoms with E-state index in [-0.39, 0.29) is 0 Å². The van der Waals surface area contributed by atoms with Gasteiger partial charge in [0.2, 0.25) is 0 Å². The Labute approximate surface area is 78.7 Å². The van der Waals surface area contributed by atoms with Gasteiger partial charge in [-0.05, 0) is 24.9 Å². The second-order valence-corrected chi connectivity index (χ2v) is 2.95. The molecule has 1 aromatic rings. The second kappa shape index (κ2) is 6.62. The minimum Gasteiger partial charge on any atom is -0.383 e. The molecule has 0 radical (unpaired) electrons. The van der Waals surface area contributed by atoms with Crippen LogP contribution >= 0.6 is 0 Å². The number of hydrogen-bond acceptors (Lipinski definition) is 3. The first-order chi connectivity index (χ1) is 6.43. The first-order valence-electron chi connectivity index (χ1n) is 4.61. The van der Waals surface area contributed by atoms with Crippen LogP contribution < -0.4 is 5.32 Å². The van der Waals surface area contributed by atoms with Crippen molar-refractivity contribution in [3.05, 3.63) is 18.0 Å². The highest BCUT2D eigenvalue weighted by Gasteiger charge is 1.93. The molecule has 0 aliphatic rings. The predicted octanol–water partition coefficient (Wildman–Crippen LogP) is 0.578. The molecule has 4 heteroatoms. The van der Waals surface area contributed by atoms with Crippen molar-refractivity contribution in [2.75, 3.05) is 26.8 Å². The van der Waals surface area contributed by atoms with Gasteiger partial charge in [-0.25, -0.2) is 0 Å². The highest BCUT2D eigenvalue weighted by atomic mass is 16.5. The Morgan fingerprint density at radius 2 is 2.46 bits per heavy atom. The van der Waals surface area contributed by atoms with Gasteiger partial charge in [0.05, 0.1) is 12.8 Å². The molecule has 0 saturated heterocycles. The van der Waals surface area contributed by atoms with Crippen LogP contribution in [0.3, 0.4) is 0 Å². The van der Waals surface area contributed by atoms with Crippen LogP contribution in [-0.4, -0.2) is 37.0 Å². The first kappa shape index (κ1) is 10.2. The van der Waals surface area contributed by atoms with Crippen molar-refractivity contribution in [2.45, 2.75) is 12.8 Å². The Morgan fingerprint density at radius 1 is 1.54 bits per heavy atom. The van der Waals surface area contributed by atoms with Gasteiger partial charge in [-0.3, -0.25) is 5.10 Å². The summed E-state index contributed by atoms with van der Waals surface area (Å²) in [6, 6.07) is 0. The van der Waals surface area contributed by atoms with Crippen molar-refractivity contribution < 1.29 is 4.74 Å². The molecule has 2 N–H and O–H groups in total. The number of aromatic amines is 1. The molecule has 0 saturated carbocycles. The lowest BCUT2D eigenvalue weighted by Gasteiger charge is -2.02. The molecule has 1 aromatic heterocycles. The zero-order chi connectivity index (χ0) is 9.36. The molecule has 4 nitrogen and oxygen atoms in total. The number of aryl methyl sites for hydroxylation is 1. The van der Waals surface area contributed by atoms with E-state index in [1.807, 2.05) is 12.4 Å². The summed E-state index contributed by atoms with van der Waals surface area (Å²) in [5.41, 5.74) is 1.27. The predicted molar refractivity (Wildman–Crippen MR) is 51.7 cm³/mol. The van der Waals surface area contributed by atoms with E-state index in [1.54, 1.807) is 7.11 Å². The number of methoxy groups -OCH3 is 1. The Bertz CT molecular complexity index is 199. The van der Waals surface area contributed by atoms with Crippen molar-refractivity contribution in [1.82, 2.24) is 15.5 Å². The fourth-order valence-corrected chi connectivity index (χ4v) is 1.13. The summed E-state index contributed by atoms with van der Waals surface area (Å²) in [5, 5.41) is 9.98. The Morgan fingerprint density at radius 3 is 3.15 bits per heavy atom.